The summed E-state index contributed by atoms with van der Waals surface area (Å²) in [6, 6.07) is 10.9. The molecule has 0 saturated carbocycles. The molecule has 1 aromatic heterocycles. The molecule has 0 atom stereocenters. The van der Waals surface area contributed by atoms with Crippen molar-refractivity contribution >= 4 is 10.8 Å². The van der Waals surface area contributed by atoms with E-state index >= 15 is 0 Å². The predicted molar refractivity (Wildman–Crippen MR) is 73.2 cm³/mol. The Morgan fingerprint density at radius 2 is 1.65 bits per heavy atom. The third-order valence-corrected chi connectivity index (χ3v) is 3.17. The van der Waals surface area contributed by atoms with Crippen molar-refractivity contribution in [3.63, 3.8) is 0 Å². The van der Waals surface area contributed by atoms with Crippen LogP contribution in [0.25, 0.3) is 10.8 Å². The Balaban J connectivity index is 2.82. The fourth-order valence-corrected chi connectivity index (χ4v) is 2.41. The van der Waals surface area contributed by atoms with Gasteiger partial charge in [0.15, 0.2) is 17.4 Å². The molecule has 0 aliphatic carbocycles. The monoisotopic (exact) mass is 228 g/mol. The second-order valence-corrected chi connectivity index (χ2v) is 5.98. The Bertz CT molecular complexity index is 533. The molecule has 1 nitrogen and oxygen atoms in total. The molecular formula is C16H22N+. The second kappa shape index (κ2) is 4.14. The zero-order valence-corrected chi connectivity index (χ0v) is 11.5. The van der Waals surface area contributed by atoms with Crippen molar-refractivity contribution in [2.24, 2.45) is 0 Å². The molecule has 0 amide bonds. The van der Waals surface area contributed by atoms with E-state index in [0.29, 0.717) is 5.92 Å². The summed E-state index contributed by atoms with van der Waals surface area (Å²) in [4.78, 5) is 0. The van der Waals surface area contributed by atoms with E-state index in [1.807, 2.05) is 0 Å². The molecule has 0 radical (unpaired) electrons. The molecule has 1 aromatic carbocycles. The SMILES string of the molecule is CC(C)c1c2ccccc2cc[n+]1C(C)(C)C. The fraction of sp³-hybridized carbons (Fsp3) is 0.438. The summed E-state index contributed by atoms with van der Waals surface area (Å²) in [6.45, 7) is 11.3. The van der Waals surface area contributed by atoms with Crippen LogP contribution in [0.3, 0.4) is 0 Å². The maximum Gasteiger partial charge on any atom is 0.192 e. The van der Waals surface area contributed by atoms with Crippen LogP contribution in [-0.4, -0.2) is 0 Å². The molecule has 0 aliphatic rings. The van der Waals surface area contributed by atoms with E-state index in [4.69, 9.17) is 0 Å². The van der Waals surface area contributed by atoms with Crippen LogP contribution in [0, 0.1) is 0 Å². The van der Waals surface area contributed by atoms with Crippen molar-refractivity contribution in [3.05, 3.63) is 42.2 Å². The van der Waals surface area contributed by atoms with E-state index < -0.39 is 0 Å². The lowest BCUT2D eigenvalue weighted by molar-refractivity contribution is -0.759. The first-order valence-electron chi connectivity index (χ1n) is 6.35. The number of fused-ring (bicyclic) bond motifs is 1. The number of pyridine rings is 1. The average Bonchev–Trinajstić information content (AvgIpc) is 2.26. The third-order valence-electron chi connectivity index (χ3n) is 3.17. The number of nitrogens with zero attached hydrogens (tertiary/aromatic N) is 1. The predicted octanol–water partition coefficient (Wildman–Crippen LogP) is 4.01. The Hall–Kier alpha value is -1.37. The number of rotatable bonds is 1. The van der Waals surface area contributed by atoms with E-state index in [-0.39, 0.29) is 5.54 Å². The number of benzene rings is 1. The molecule has 17 heavy (non-hydrogen) atoms. The Kier molecular flexibility index (Phi) is 2.94. The molecule has 0 spiro atoms. The molecule has 90 valence electrons. The van der Waals surface area contributed by atoms with Gasteiger partial charge in [-0.15, -0.1) is 0 Å². The normalized spacial score (nSPS) is 12.4. The van der Waals surface area contributed by atoms with E-state index in [1.54, 1.807) is 0 Å². The van der Waals surface area contributed by atoms with Crippen LogP contribution in [0.4, 0.5) is 0 Å². The fourth-order valence-electron chi connectivity index (χ4n) is 2.41. The first-order valence-corrected chi connectivity index (χ1v) is 6.35. The first-order chi connectivity index (χ1) is 7.91. The zero-order chi connectivity index (χ0) is 12.6. The van der Waals surface area contributed by atoms with Crippen molar-refractivity contribution in [2.45, 2.75) is 46.1 Å². The van der Waals surface area contributed by atoms with Gasteiger partial charge in [0.05, 0.1) is 0 Å². The Labute approximate surface area is 104 Å². The molecule has 2 aromatic rings. The van der Waals surface area contributed by atoms with Gasteiger partial charge in [0.2, 0.25) is 0 Å². The molecule has 1 heteroatoms. The summed E-state index contributed by atoms with van der Waals surface area (Å²) in [5, 5.41) is 2.71. The minimum absolute atomic E-state index is 0.129. The van der Waals surface area contributed by atoms with Gasteiger partial charge < -0.3 is 0 Å². The molecule has 0 saturated heterocycles. The molecule has 0 bridgehead atoms. The quantitative estimate of drug-likeness (QED) is 0.649. The highest BCUT2D eigenvalue weighted by atomic mass is 15.0. The first kappa shape index (κ1) is 12.1. The zero-order valence-electron chi connectivity index (χ0n) is 11.5. The molecule has 0 fully saturated rings. The van der Waals surface area contributed by atoms with Crippen molar-refractivity contribution < 1.29 is 4.57 Å². The van der Waals surface area contributed by atoms with Gasteiger partial charge >= 0.3 is 0 Å². The van der Waals surface area contributed by atoms with Crippen LogP contribution in [-0.2, 0) is 5.54 Å². The van der Waals surface area contributed by atoms with Crippen molar-refractivity contribution in [1.82, 2.24) is 0 Å². The van der Waals surface area contributed by atoms with Gasteiger partial charge in [0.1, 0.15) is 0 Å². The van der Waals surface area contributed by atoms with E-state index in [2.05, 4.69) is 75.7 Å². The van der Waals surface area contributed by atoms with Crippen LogP contribution in [0.1, 0.15) is 46.2 Å². The van der Waals surface area contributed by atoms with Gasteiger partial charge in [0, 0.05) is 38.1 Å². The van der Waals surface area contributed by atoms with Gasteiger partial charge in [0.25, 0.3) is 0 Å². The van der Waals surface area contributed by atoms with Gasteiger partial charge in [-0.2, -0.15) is 4.57 Å². The maximum atomic E-state index is 2.40. The molecule has 1 heterocycles. The summed E-state index contributed by atoms with van der Waals surface area (Å²) in [5.41, 5.74) is 1.56. The van der Waals surface area contributed by atoms with Crippen molar-refractivity contribution in [2.75, 3.05) is 0 Å². The van der Waals surface area contributed by atoms with Crippen LogP contribution >= 0.6 is 0 Å². The third kappa shape index (κ3) is 2.19. The van der Waals surface area contributed by atoms with Gasteiger partial charge in [-0.25, -0.2) is 0 Å². The number of aromatic nitrogens is 1. The van der Waals surface area contributed by atoms with Crippen LogP contribution in [0.5, 0.6) is 0 Å². The molecule has 2 rings (SSSR count). The summed E-state index contributed by atoms with van der Waals surface area (Å²) in [5.74, 6) is 0.528. The highest BCUT2D eigenvalue weighted by Crippen LogP contribution is 2.24. The molecule has 0 N–H and O–H groups in total. The minimum atomic E-state index is 0.129. The largest absolute Gasteiger partial charge is 0.197 e. The smallest absolute Gasteiger partial charge is 0.192 e. The number of hydrogen-bond acceptors (Lipinski definition) is 0. The van der Waals surface area contributed by atoms with E-state index in [9.17, 15) is 0 Å². The van der Waals surface area contributed by atoms with Gasteiger partial charge in [-0.05, 0) is 11.5 Å². The lowest BCUT2D eigenvalue weighted by Crippen LogP contribution is -2.53. The van der Waals surface area contributed by atoms with Crippen LogP contribution < -0.4 is 4.57 Å². The number of hydrogen-bond donors (Lipinski definition) is 0. The highest BCUT2D eigenvalue weighted by molar-refractivity contribution is 5.83. The Morgan fingerprint density at radius 1 is 1.00 bits per heavy atom. The van der Waals surface area contributed by atoms with E-state index in [1.165, 1.54) is 16.5 Å². The summed E-state index contributed by atoms with van der Waals surface area (Å²) in [6.07, 6.45) is 2.22. The summed E-state index contributed by atoms with van der Waals surface area (Å²) < 4.78 is 2.40. The Morgan fingerprint density at radius 3 is 2.24 bits per heavy atom. The highest BCUT2D eigenvalue weighted by Gasteiger charge is 2.28. The minimum Gasteiger partial charge on any atom is -0.197 e. The second-order valence-electron chi connectivity index (χ2n) is 5.98. The molecule has 0 aliphatic heterocycles. The molecule has 0 unspecified atom stereocenters. The molecular weight excluding hydrogens is 206 g/mol. The van der Waals surface area contributed by atoms with E-state index in [0.717, 1.165) is 0 Å². The lowest BCUT2D eigenvalue weighted by Gasteiger charge is -2.19. The maximum absolute atomic E-state index is 2.40. The summed E-state index contributed by atoms with van der Waals surface area (Å²) in [7, 11) is 0. The van der Waals surface area contributed by atoms with Crippen LogP contribution in [0.2, 0.25) is 0 Å². The standard InChI is InChI=1S/C16H22N/c1-12(2)15-14-9-7-6-8-13(14)10-11-17(15)16(3,4)5/h6-12H,1-5H3/q+1. The average molecular weight is 228 g/mol. The van der Waals surface area contributed by atoms with Crippen molar-refractivity contribution in [1.29, 1.82) is 0 Å². The van der Waals surface area contributed by atoms with Crippen molar-refractivity contribution in [3.8, 4) is 0 Å². The lowest BCUT2D eigenvalue weighted by atomic mass is 9.98. The van der Waals surface area contributed by atoms with Gasteiger partial charge in [-0.3, -0.25) is 0 Å². The van der Waals surface area contributed by atoms with Crippen LogP contribution in [0.15, 0.2) is 36.5 Å². The topological polar surface area (TPSA) is 3.88 Å². The van der Waals surface area contributed by atoms with Gasteiger partial charge in [-0.1, -0.05) is 32.0 Å². The summed E-state index contributed by atoms with van der Waals surface area (Å²) >= 11 is 0.